The van der Waals surface area contributed by atoms with E-state index >= 15 is 0 Å². The van der Waals surface area contributed by atoms with Crippen molar-refractivity contribution in [1.82, 2.24) is 5.32 Å². The quantitative estimate of drug-likeness (QED) is 0.890. The van der Waals surface area contributed by atoms with E-state index < -0.39 is 0 Å². The summed E-state index contributed by atoms with van der Waals surface area (Å²) in [5.41, 5.74) is 0. The molecule has 1 aromatic rings. The number of nitrogens with one attached hydrogen (secondary N) is 2. The molecule has 5 heteroatoms. The van der Waals surface area contributed by atoms with Crippen LogP contribution in [0.1, 0.15) is 61.5 Å². The minimum absolute atomic E-state index is 0.000798. The molecule has 0 saturated heterocycles. The highest BCUT2D eigenvalue weighted by atomic mass is 32.1. The average Bonchev–Trinajstić information content (AvgIpc) is 2.95. The Bertz CT molecular complexity index is 555. The summed E-state index contributed by atoms with van der Waals surface area (Å²) in [6.45, 7) is 1.47. The Hall–Kier alpha value is -1.36. The maximum absolute atomic E-state index is 12.4. The van der Waals surface area contributed by atoms with E-state index in [9.17, 15) is 9.59 Å². The fourth-order valence-corrected chi connectivity index (χ4v) is 4.82. The Kier molecular flexibility index (Phi) is 4.81. The summed E-state index contributed by atoms with van der Waals surface area (Å²) in [7, 11) is 0. The van der Waals surface area contributed by atoms with Crippen LogP contribution in [0.15, 0.2) is 12.1 Å². The van der Waals surface area contributed by atoms with E-state index in [1.807, 2.05) is 0 Å². The highest BCUT2D eigenvalue weighted by molar-refractivity contribution is 7.18. The normalized spacial score (nSPS) is 27.8. The number of hydrogen-bond donors (Lipinski definition) is 2. The van der Waals surface area contributed by atoms with Crippen molar-refractivity contribution in [3.05, 3.63) is 17.0 Å². The zero-order chi connectivity index (χ0) is 15.5. The lowest BCUT2D eigenvalue weighted by Crippen LogP contribution is -2.41. The van der Waals surface area contributed by atoms with Crippen LogP contribution in [-0.2, 0) is 4.79 Å². The fourth-order valence-electron chi connectivity index (χ4n) is 3.96. The Morgan fingerprint density at radius 2 is 1.86 bits per heavy atom. The van der Waals surface area contributed by atoms with E-state index in [0.717, 1.165) is 29.7 Å². The van der Waals surface area contributed by atoms with Gasteiger partial charge in [-0.25, -0.2) is 0 Å². The molecule has 0 bridgehead atoms. The minimum Gasteiger partial charge on any atom is -0.349 e. The summed E-state index contributed by atoms with van der Waals surface area (Å²) in [5, 5.41) is 6.64. The second-order valence-electron chi connectivity index (χ2n) is 6.63. The summed E-state index contributed by atoms with van der Waals surface area (Å²) in [6.07, 6.45) is 8.97. The van der Waals surface area contributed by atoms with Gasteiger partial charge in [-0.1, -0.05) is 25.7 Å². The summed E-state index contributed by atoms with van der Waals surface area (Å²) >= 11 is 1.34. The maximum Gasteiger partial charge on any atom is 0.261 e. The maximum atomic E-state index is 12.4. The second-order valence-corrected chi connectivity index (χ2v) is 7.72. The van der Waals surface area contributed by atoms with Gasteiger partial charge < -0.3 is 10.6 Å². The molecule has 0 unspecified atom stereocenters. The molecule has 2 saturated carbocycles. The van der Waals surface area contributed by atoms with E-state index in [1.54, 1.807) is 12.1 Å². The third kappa shape index (κ3) is 3.69. The molecule has 1 aromatic heterocycles. The van der Waals surface area contributed by atoms with Crippen molar-refractivity contribution in [2.24, 2.45) is 11.8 Å². The topological polar surface area (TPSA) is 58.2 Å². The standard InChI is InChI=1S/C17H24N2O2S/c1-11(20)18-16-9-8-15(22-16)17(21)19-14-7-6-12-4-2-3-5-13(12)10-14/h8-9,12-14H,2-7,10H2,1H3,(H,18,20)(H,19,21)/t12-,13-,14+/m0/s1. The third-order valence-corrected chi connectivity index (χ3v) is 6.00. The van der Waals surface area contributed by atoms with Gasteiger partial charge in [-0.15, -0.1) is 11.3 Å². The van der Waals surface area contributed by atoms with E-state index in [0.29, 0.717) is 10.9 Å². The van der Waals surface area contributed by atoms with Gasteiger partial charge in [-0.3, -0.25) is 9.59 Å². The number of hydrogen-bond acceptors (Lipinski definition) is 3. The first-order valence-corrected chi connectivity index (χ1v) is 9.12. The van der Waals surface area contributed by atoms with Crippen molar-refractivity contribution in [2.45, 2.75) is 57.9 Å². The second kappa shape index (κ2) is 6.82. The van der Waals surface area contributed by atoms with Gasteiger partial charge in [0.05, 0.1) is 9.88 Å². The van der Waals surface area contributed by atoms with Crippen LogP contribution in [0, 0.1) is 11.8 Å². The van der Waals surface area contributed by atoms with Gasteiger partial charge in [0.15, 0.2) is 0 Å². The molecule has 0 aromatic carbocycles. The average molecular weight is 320 g/mol. The molecule has 0 radical (unpaired) electrons. The van der Waals surface area contributed by atoms with Crippen LogP contribution in [0.2, 0.25) is 0 Å². The fraction of sp³-hybridized carbons (Fsp3) is 0.647. The number of amides is 2. The first-order valence-electron chi connectivity index (χ1n) is 8.30. The number of anilines is 1. The van der Waals surface area contributed by atoms with E-state index in [1.165, 1.54) is 50.4 Å². The van der Waals surface area contributed by atoms with Gasteiger partial charge >= 0.3 is 0 Å². The molecule has 22 heavy (non-hydrogen) atoms. The van der Waals surface area contributed by atoms with E-state index in [2.05, 4.69) is 10.6 Å². The number of thiophene rings is 1. The van der Waals surface area contributed by atoms with Crippen molar-refractivity contribution in [3.8, 4) is 0 Å². The molecule has 3 atom stereocenters. The molecular weight excluding hydrogens is 296 g/mol. The van der Waals surface area contributed by atoms with Crippen molar-refractivity contribution < 1.29 is 9.59 Å². The lowest BCUT2D eigenvalue weighted by atomic mass is 9.69. The Morgan fingerprint density at radius 3 is 2.64 bits per heavy atom. The molecule has 2 aliphatic carbocycles. The monoisotopic (exact) mass is 320 g/mol. The molecule has 1 heterocycles. The predicted molar refractivity (Wildman–Crippen MR) is 89.2 cm³/mol. The van der Waals surface area contributed by atoms with Crippen LogP contribution < -0.4 is 10.6 Å². The molecule has 120 valence electrons. The third-order valence-electron chi connectivity index (χ3n) is 5.00. The number of fused-ring (bicyclic) bond motifs is 1. The number of rotatable bonds is 3. The largest absolute Gasteiger partial charge is 0.349 e. The summed E-state index contributed by atoms with van der Waals surface area (Å²) < 4.78 is 0. The van der Waals surface area contributed by atoms with E-state index in [4.69, 9.17) is 0 Å². The molecule has 2 aliphatic rings. The summed E-state index contributed by atoms with van der Waals surface area (Å²) in [5.74, 6) is 1.60. The molecule has 2 fully saturated rings. The molecule has 2 N–H and O–H groups in total. The van der Waals surface area contributed by atoms with Gasteiger partial charge in [0.1, 0.15) is 0 Å². The lowest BCUT2D eigenvalue weighted by Gasteiger charge is -2.39. The molecular formula is C17H24N2O2S. The number of carbonyl (C=O) groups excluding carboxylic acids is 2. The van der Waals surface area contributed by atoms with Gasteiger partial charge in [0, 0.05) is 13.0 Å². The van der Waals surface area contributed by atoms with Crippen molar-refractivity contribution >= 4 is 28.2 Å². The van der Waals surface area contributed by atoms with Crippen molar-refractivity contribution in [3.63, 3.8) is 0 Å². The van der Waals surface area contributed by atoms with Crippen LogP contribution >= 0.6 is 11.3 Å². The van der Waals surface area contributed by atoms with Crippen molar-refractivity contribution in [2.75, 3.05) is 5.32 Å². The van der Waals surface area contributed by atoms with Gasteiger partial charge in [-0.05, 0) is 43.2 Å². The zero-order valence-electron chi connectivity index (χ0n) is 13.1. The van der Waals surface area contributed by atoms with Gasteiger partial charge in [-0.2, -0.15) is 0 Å². The number of carbonyl (C=O) groups is 2. The van der Waals surface area contributed by atoms with Gasteiger partial charge in [0.2, 0.25) is 5.91 Å². The molecule has 2 amide bonds. The lowest BCUT2D eigenvalue weighted by molar-refractivity contribution is -0.114. The Balaban J connectivity index is 1.55. The Labute approximate surface area is 135 Å². The first-order chi connectivity index (χ1) is 10.6. The summed E-state index contributed by atoms with van der Waals surface area (Å²) in [6, 6.07) is 3.90. The molecule has 4 nitrogen and oxygen atoms in total. The molecule has 0 spiro atoms. The van der Waals surface area contributed by atoms with Gasteiger partial charge in [0.25, 0.3) is 5.91 Å². The van der Waals surface area contributed by atoms with Crippen LogP contribution in [0.3, 0.4) is 0 Å². The first kappa shape index (κ1) is 15.5. The predicted octanol–water partition coefficient (Wildman–Crippen LogP) is 3.80. The van der Waals surface area contributed by atoms with Crippen LogP contribution in [0.4, 0.5) is 5.00 Å². The zero-order valence-corrected chi connectivity index (χ0v) is 13.9. The highest BCUT2D eigenvalue weighted by Gasteiger charge is 2.32. The molecule has 3 rings (SSSR count). The smallest absolute Gasteiger partial charge is 0.261 e. The van der Waals surface area contributed by atoms with E-state index in [-0.39, 0.29) is 11.8 Å². The van der Waals surface area contributed by atoms with Crippen molar-refractivity contribution in [1.29, 1.82) is 0 Å². The van der Waals surface area contributed by atoms with Crippen LogP contribution in [0.25, 0.3) is 0 Å². The Morgan fingerprint density at radius 1 is 1.09 bits per heavy atom. The minimum atomic E-state index is -0.107. The highest BCUT2D eigenvalue weighted by Crippen LogP contribution is 2.40. The van der Waals surface area contributed by atoms with Crippen LogP contribution in [0.5, 0.6) is 0 Å². The van der Waals surface area contributed by atoms with Crippen LogP contribution in [-0.4, -0.2) is 17.9 Å². The molecule has 0 aliphatic heterocycles. The summed E-state index contributed by atoms with van der Waals surface area (Å²) in [4.78, 5) is 24.1. The SMILES string of the molecule is CC(=O)Nc1ccc(C(=O)N[C@@H]2CC[C@@H]3CCCC[C@H]3C2)s1.